The highest BCUT2D eigenvalue weighted by molar-refractivity contribution is 5.91. The smallest absolute Gasteiger partial charge is 0.292 e. The lowest BCUT2D eigenvalue weighted by Gasteiger charge is -2.17. The minimum Gasteiger partial charge on any atom is -0.351 e. The topological polar surface area (TPSA) is 58.4 Å². The van der Waals surface area contributed by atoms with Crippen LogP contribution in [-0.4, -0.2) is 42.1 Å². The molecule has 0 bridgehead atoms. The van der Waals surface area contributed by atoms with Crippen molar-refractivity contribution in [3.63, 3.8) is 0 Å². The van der Waals surface area contributed by atoms with Crippen LogP contribution in [0.4, 0.5) is 0 Å². The third kappa shape index (κ3) is 3.35. The molecule has 1 aliphatic heterocycles. The van der Waals surface area contributed by atoms with E-state index in [9.17, 15) is 4.79 Å². The van der Waals surface area contributed by atoms with Crippen LogP contribution in [0.5, 0.6) is 0 Å². The molecular weight excluding hydrogens is 242 g/mol. The van der Waals surface area contributed by atoms with Crippen molar-refractivity contribution in [2.75, 3.05) is 26.2 Å². The number of nitrogens with zero attached hydrogens (tertiary/aromatic N) is 2. The molecule has 0 unspecified atom stereocenters. The van der Waals surface area contributed by atoms with Gasteiger partial charge in [0.1, 0.15) is 0 Å². The lowest BCUT2D eigenvalue weighted by molar-refractivity contribution is 0.0724. The summed E-state index contributed by atoms with van der Waals surface area (Å²) in [7, 11) is 0. The van der Waals surface area contributed by atoms with E-state index >= 15 is 0 Å². The van der Waals surface area contributed by atoms with Crippen LogP contribution in [-0.2, 0) is 0 Å². The van der Waals surface area contributed by atoms with E-state index in [0.29, 0.717) is 11.7 Å². The molecule has 0 saturated carbocycles. The van der Waals surface area contributed by atoms with Crippen LogP contribution in [0.15, 0.2) is 10.6 Å². The Bertz CT molecular complexity index is 405. The summed E-state index contributed by atoms with van der Waals surface area (Å²) in [6, 6.07) is 1.82. The molecule has 2 rings (SSSR count). The standard InChI is InChI=1S/C14H23N3O2/c1-3-11(4-2)12-10-13(19-16-12)14(18)17-8-5-6-15-7-9-17/h10-11,15H,3-9H2,1-2H3. The maximum Gasteiger partial charge on any atom is 0.292 e. The third-order valence-corrected chi connectivity index (χ3v) is 3.77. The van der Waals surface area contributed by atoms with Crippen molar-refractivity contribution in [3.05, 3.63) is 17.5 Å². The maximum atomic E-state index is 12.3. The van der Waals surface area contributed by atoms with Gasteiger partial charge in [-0.3, -0.25) is 4.79 Å². The molecule has 5 nitrogen and oxygen atoms in total. The van der Waals surface area contributed by atoms with Crippen LogP contribution in [0.25, 0.3) is 0 Å². The Kier molecular flexibility index (Phi) is 4.96. The van der Waals surface area contributed by atoms with E-state index in [1.54, 1.807) is 0 Å². The van der Waals surface area contributed by atoms with E-state index in [0.717, 1.165) is 51.1 Å². The molecule has 1 saturated heterocycles. The van der Waals surface area contributed by atoms with Gasteiger partial charge in [-0.2, -0.15) is 0 Å². The average molecular weight is 265 g/mol. The van der Waals surface area contributed by atoms with Gasteiger partial charge in [0.25, 0.3) is 5.91 Å². The molecule has 1 aliphatic rings. The number of hydrogen-bond acceptors (Lipinski definition) is 4. The molecule has 1 aromatic heterocycles. The number of hydrogen-bond donors (Lipinski definition) is 1. The summed E-state index contributed by atoms with van der Waals surface area (Å²) < 4.78 is 5.24. The highest BCUT2D eigenvalue weighted by Crippen LogP contribution is 2.23. The first-order chi connectivity index (χ1) is 9.26. The molecule has 106 valence electrons. The summed E-state index contributed by atoms with van der Waals surface area (Å²) >= 11 is 0. The Labute approximate surface area is 114 Å². The molecule has 1 amide bonds. The molecule has 0 aliphatic carbocycles. The zero-order valence-corrected chi connectivity index (χ0v) is 11.8. The van der Waals surface area contributed by atoms with Gasteiger partial charge in [-0.1, -0.05) is 19.0 Å². The average Bonchev–Trinajstić information content (AvgIpc) is 2.75. The molecule has 0 aromatic carbocycles. The second kappa shape index (κ2) is 6.70. The van der Waals surface area contributed by atoms with Crippen LogP contribution in [0.2, 0.25) is 0 Å². The number of amides is 1. The predicted molar refractivity (Wildman–Crippen MR) is 73.2 cm³/mol. The van der Waals surface area contributed by atoms with Crippen molar-refractivity contribution in [1.29, 1.82) is 0 Å². The number of nitrogens with one attached hydrogen (secondary N) is 1. The van der Waals surface area contributed by atoms with E-state index in [4.69, 9.17) is 4.52 Å². The van der Waals surface area contributed by atoms with Crippen LogP contribution in [0, 0.1) is 0 Å². The van der Waals surface area contributed by atoms with Gasteiger partial charge >= 0.3 is 0 Å². The Morgan fingerprint density at radius 2 is 2.21 bits per heavy atom. The number of aromatic nitrogens is 1. The summed E-state index contributed by atoms with van der Waals surface area (Å²) in [6.45, 7) is 7.60. The zero-order chi connectivity index (χ0) is 13.7. The van der Waals surface area contributed by atoms with Gasteiger partial charge in [0.2, 0.25) is 5.76 Å². The normalized spacial score (nSPS) is 16.7. The molecule has 5 heteroatoms. The second-order valence-electron chi connectivity index (χ2n) is 5.03. The van der Waals surface area contributed by atoms with Crippen molar-refractivity contribution < 1.29 is 9.32 Å². The Hall–Kier alpha value is -1.36. The largest absolute Gasteiger partial charge is 0.351 e. The van der Waals surface area contributed by atoms with Crippen molar-refractivity contribution in [2.24, 2.45) is 0 Å². The van der Waals surface area contributed by atoms with Gasteiger partial charge in [0.05, 0.1) is 5.69 Å². The summed E-state index contributed by atoms with van der Waals surface area (Å²) in [5.74, 6) is 0.730. The molecular formula is C14H23N3O2. The van der Waals surface area contributed by atoms with Gasteiger partial charge in [-0.05, 0) is 25.8 Å². The minimum atomic E-state index is -0.0339. The summed E-state index contributed by atoms with van der Waals surface area (Å²) in [5, 5.41) is 7.34. The summed E-state index contributed by atoms with van der Waals surface area (Å²) in [5.41, 5.74) is 0.904. The summed E-state index contributed by atoms with van der Waals surface area (Å²) in [4.78, 5) is 14.2. The summed E-state index contributed by atoms with van der Waals surface area (Å²) in [6.07, 6.45) is 3.02. The molecule has 0 radical (unpaired) electrons. The van der Waals surface area contributed by atoms with E-state index in [2.05, 4.69) is 24.3 Å². The highest BCUT2D eigenvalue weighted by atomic mass is 16.5. The maximum absolute atomic E-state index is 12.3. The second-order valence-corrected chi connectivity index (χ2v) is 5.03. The molecule has 1 N–H and O–H groups in total. The number of rotatable bonds is 4. The van der Waals surface area contributed by atoms with Crippen molar-refractivity contribution in [1.82, 2.24) is 15.4 Å². The Morgan fingerprint density at radius 3 is 2.95 bits per heavy atom. The predicted octanol–water partition coefficient (Wildman–Crippen LogP) is 2.01. The van der Waals surface area contributed by atoms with Gasteiger partial charge in [-0.25, -0.2) is 0 Å². The fourth-order valence-electron chi connectivity index (χ4n) is 2.49. The molecule has 0 spiro atoms. The monoisotopic (exact) mass is 265 g/mol. The van der Waals surface area contributed by atoms with Gasteiger partial charge < -0.3 is 14.7 Å². The third-order valence-electron chi connectivity index (χ3n) is 3.77. The number of carbonyl (C=O) groups excluding carboxylic acids is 1. The lowest BCUT2D eigenvalue weighted by atomic mass is 9.99. The van der Waals surface area contributed by atoms with Crippen LogP contribution >= 0.6 is 0 Å². The van der Waals surface area contributed by atoms with Crippen LogP contribution in [0.3, 0.4) is 0 Å². The van der Waals surface area contributed by atoms with Crippen LogP contribution in [0.1, 0.15) is 55.3 Å². The van der Waals surface area contributed by atoms with Gasteiger partial charge in [0, 0.05) is 31.6 Å². The fourth-order valence-corrected chi connectivity index (χ4v) is 2.49. The Morgan fingerprint density at radius 1 is 1.42 bits per heavy atom. The molecule has 19 heavy (non-hydrogen) atoms. The molecule has 1 fully saturated rings. The van der Waals surface area contributed by atoms with Gasteiger partial charge in [0.15, 0.2) is 0 Å². The van der Waals surface area contributed by atoms with E-state index in [1.807, 2.05) is 11.0 Å². The first kappa shape index (κ1) is 14.1. The first-order valence-corrected chi connectivity index (χ1v) is 7.22. The minimum absolute atomic E-state index is 0.0339. The van der Waals surface area contributed by atoms with E-state index in [-0.39, 0.29) is 5.91 Å². The SMILES string of the molecule is CCC(CC)c1cc(C(=O)N2CCCNCC2)on1. The van der Waals surface area contributed by atoms with Crippen molar-refractivity contribution >= 4 is 5.91 Å². The number of carbonyl (C=O) groups is 1. The lowest BCUT2D eigenvalue weighted by Crippen LogP contribution is -2.33. The molecule has 2 heterocycles. The quantitative estimate of drug-likeness (QED) is 0.904. The molecule has 0 atom stereocenters. The zero-order valence-electron chi connectivity index (χ0n) is 11.8. The van der Waals surface area contributed by atoms with E-state index < -0.39 is 0 Å². The van der Waals surface area contributed by atoms with E-state index in [1.165, 1.54) is 0 Å². The fraction of sp³-hybridized carbons (Fsp3) is 0.714. The Balaban J connectivity index is 2.06. The van der Waals surface area contributed by atoms with Crippen molar-refractivity contribution in [2.45, 2.75) is 39.0 Å². The first-order valence-electron chi connectivity index (χ1n) is 7.22. The van der Waals surface area contributed by atoms with Crippen LogP contribution < -0.4 is 5.32 Å². The van der Waals surface area contributed by atoms with Crippen molar-refractivity contribution in [3.8, 4) is 0 Å². The van der Waals surface area contributed by atoms with Gasteiger partial charge in [-0.15, -0.1) is 0 Å². The highest BCUT2D eigenvalue weighted by Gasteiger charge is 2.22. The molecule has 1 aromatic rings.